The molecule has 0 bridgehead atoms. The standard InChI is InChI=1S/C7H11N3O3/c1-10-3-2-9-6(10)5(11)4(8)7(12)13/h2-5,11H,8H2,1H3,(H,12,13). The highest BCUT2D eigenvalue weighted by Gasteiger charge is 2.26. The number of aliphatic carboxylic acids is 1. The van der Waals surface area contributed by atoms with Crippen molar-refractivity contribution in [3.05, 3.63) is 18.2 Å². The molecule has 1 aromatic rings. The summed E-state index contributed by atoms with van der Waals surface area (Å²) < 4.78 is 1.52. The number of nitrogens with zero attached hydrogens (tertiary/aromatic N) is 2. The van der Waals surface area contributed by atoms with Crippen molar-refractivity contribution in [3.8, 4) is 0 Å². The van der Waals surface area contributed by atoms with Gasteiger partial charge in [-0.1, -0.05) is 0 Å². The molecule has 6 nitrogen and oxygen atoms in total. The van der Waals surface area contributed by atoms with Crippen molar-refractivity contribution >= 4 is 5.97 Å². The summed E-state index contributed by atoms with van der Waals surface area (Å²) in [6, 6.07) is -1.35. The lowest BCUT2D eigenvalue weighted by atomic mass is 10.1. The summed E-state index contributed by atoms with van der Waals surface area (Å²) >= 11 is 0. The third-order valence-corrected chi connectivity index (χ3v) is 1.75. The van der Waals surface area contributed by atoms with Gasteiger partial charge in [0, 0.05) is 19.4 Å². The molecule has 0 aliphatic rings. The Morgan fingerprint density at radius 3 is 2.77 bits per heavy atom. The first-order chi connectivity index (χ1) is 6.04. The van der Waals surface area contributed by atoms with Crippen LogP contribution in [0.25, 0.3) is 0 Å². The van der Waals surface area contributed by atoms with Crippen LogP contribution in [-0.2, 0) is 11.8 Å². The van der Waals surface area contributed by atoms with E-state index < -0.39 is 18.1 Å². The maximum absolute atomic E-state index is 10.4. The van der Waals surface area contributed by atoms with Gasteiger partial charge >= 0.3 is 5.97 Å². The Balaban J connectivity index is 2.85. The van der Waals surface area contributed by atoms with Crippen LogP contribution < -0.4 is 5.73 Å². The lowest BCUT2D eigenvalue weighted by Crippen LogP contribution is -2.37. The Morgan fingerprint density at radius 2 is 2.38 bits per heavy atom. The monoisotopic (exact) mass is 185 g/mol. The predicted molar refractivity (Wildman–Crippen MR) is 43.8 cm³/mol. The number of aliphatic hydroxyl groups is 1. The molecule has 1 rings (SSSR count). The van der Waals surface area contributed by atoms with Crippen molar-refractivity contribution in [2.75, 3.05) is 0 Å². The summed E-state index contributed by atoms with van der Waals surface area (Å²) in [4.78, 5) is 14.2. The average Bonchev–Trinajstić information content (AvgIpc) is 2.48. The van der Waals surface area contributed by atoms with E-state index in [2.05, 4.69) is 4.98 Å². The number of carbonyl (C=O) groups is 1. The predicted octanol–water partition coefficient (Wildman–Crippen LogP) is -1.13. The summed E-state index contributed by atoms with van der Waals surface area (Å²) in [7, 11) is 1.65. The normalized spacial score (nSPS) is 15.3. The van der Waals surface area contributed by atoms with Crippen LogP contribution in [0.3, 0.4) is 0 Å². The van der Waals surface area contributed by atoms with Crippen LogP contribution in [0, 0.1) is 0 Å². The molecule has 0 saturated heterocycles. The zero-order valence-electron chi connectivity index (χ0n) is 7.08. The van der Waals surface area contributed by atoms with Crippen molar-refractivity contribution in [2.45, 2.75) is 12.1 Å². The van der Waals surface area contributed by atoms with Gasteiger partial charge in [0.1, 0.15) is 18.0 Å². The highest BCUT2D eigenvalue weighted by Crippen LogP contribution is 2.12. The molecular weight excluding hydrogens is 174 g/mol. The molecule has 6 heteroatoms. The Morgan fingerprint density at radius 1 is 1.77 bits per heavy atom. The minimum atomic E-state index is -1.35. The van der Waals surface area contributed by atoms with Crippen LogP contribution in [0.5, 0.6) is 0 Å². The van der Waals surface area contributed by atoms with Crippen LogP contribution in [0.4, 0.5) is 0 Å². The Bertz CT molecular complexity index is 310. The van der Waals surface area contributed by atoms with Crippen molar-refractivity contribution < 1.29 is 15.0 Å². The van der Waals surface area contributed by atoms with Crippen LogP contribution >= 0.6 is 0 Å². The molecule has 4 N–H and O–H groups in total. The molecule has 0 amide bonds. The summed E-state index contributed by atoms with van der Waals surface area (Å²) in [5.41, 5.74) is 5.22. The highest BCUT2D eigenvalue weighted by atomic mass is 16.4. The molecule has 72 valence electrons. The molecule has 2 unspecified atom stereocenters. The summed E-state index contributed by atoms with van der Waals surface area (Å²) in [6.45, 7) is 0. The number of aryl methyl sites for hydroxylation is 1. The van der Waals surface area contributed by atoms with Gasteiger partial charge in [-0.2, -0.15) is 0 Å². The molecule has 0 aromatic carbocycles. The van der Waals surface area contributed by atoms with Gasteiger partial charge in [0.05, 0.1) is 0 Å². The molecule has 1 aromatic heterocycles. The molecular formula is C7H11N3O3. The van der Waals surface area contributed by atoms with E-state index in [1.165, 1.54) is 10.8 Å². The van der Waals surface area contributed by atoms with Crippen molar-refractivity contribution in [2.24, 2.45) is 12.8 Å². The second-order valence-corrected chi connectivity index (χ2v) is 2.71. The maximum atomic E-state index is 10.4. The van der Waals surface area contributed by atoms with Crippen molar-refractivity contribution in [1.29, 1.82) is 0 Å². The third kappa shape index (κ3) is 1.85. The van der Waals surface area contributed by atoms with Gasteiger partial charge in [0.15, 0.2) is 0 Å². The summed E-state index contributed by atoms with van der Waals surface area (Å²) in [5, 5.41) is 18.0. The molecule has 0 spiro atoms. The fourth-order valence-corrected chi connectivity index (χ4v) is 0.958. The fraction of sp³-hybridized carbons (Fsp3) is 0.429. The molecule has 0 aliphatic carbocycles. The molecule has 0 fully saturated rings. The van der Waals surface area contributed by atoms with Gasteiger partial charge in [-0.3, -0.25) is 4.79 Å². The van der Waals surface area contributed by atoms with E-state index in [0.29, 0.717) is 0 Å². The van der Waals surface area contributed by atoms with Crippen molar-refractivity contribution in [3.63, 3.8) is 0 Å². The van der Waals surface area contributed by atoms with Crippen LogP contribution in [0.2, 0.25) is 0 Å². The van der Waals surface area contributed by atoms with E-state index in [4.69, 9.17) is 10.8 Å². The first-order valence-corrected chi connectivity index (χ1v) is 3.67. The van der Waals surface area contributed by atoms with E-state index in [9.17, 15) is 9.90 Å². The SMILES string of the molecule is Cn1ccnc1C(O)C(N)C(=O)O. The van der Waals surface area contributed by atoms with E-state index in [1.54, 1.807) is 13.2 Å². The van der Waals surface area contributed by atoms with Gasteiger partial charge in [-0.25, -0.2) is 4.98 Å². The second-order valence-electron chi connectivity index (χ2n) is 2.71. The molecule has 0 radical (unpaired) electrons. The highest BCUT2D eigenvalue weighted by molar-refractivity contribution is 5.74. The molecule has 2 atom stereocenters. The van der Waals surface area contributed by atoms with Gasteiger partial charge in [0.2, 0.25) is 0 Å². The molecule has 0 aliphatic heterocycles. The molecule has 13 heavy (non-hydrogen) atoms. The maximum Gasteiger partial charge on any atom is 0.323 e. The zero-order chi connectivity index (χ0) is 10.0. The topological polar surface area (TPSA) is 101 Å². The average molecular weight is 185 g/mol. The first-order valence-electron chi connectivity index (χ1n) is 3.67. The number of aromatic nitrogens is 2. The number of hydrogen-bond donors (Lipinski definition) is 3. The summed E-state index contributed by atoms with van der Waals surface area (Å²) in [6.07, 6.45) is 1.79. The summed E-state index contributed by atoms with van der Waals surface area (Å²) in [5.74, 6) is -1.01. The number of rotatable bonds is 3. The van der Waals surface area contributed by atoms with Gasteiger partial charge < -0.3 is 20.5 Å². The fourth-order valence-electron chi connectivity index (χ4n) is 0.958. The number of imidazole rings is 1. The van der Waals surface area contributed by atoms with Crippen molar-refractivity contribution in [1.82, 2.24) is 9.55 Å². The van der Waals surface area contributed by atoms with E-state index >= 15 is 0 Å². The van der Waals surface area contributed by atoms with E-state index in [-0.39, 0.29) is 5.82 Å². The number of carboxylic acid groups (broad SMARTS) is 1. The smallest absolute Gasteiger partial charge is 0.323 e. The van der Waals surface area contributed by atoms with Crippen LogP contribution in [-0.4, -0.2) is 31.8 Å². The van der Waals surface area contributed by atoms with E-state index in [0.717, 1.165) is 0 Å². The van der Waals surface area contributed by atoms with Crippen LogP contribution in [0.15, 0.2) is 12.4 Å². The Labute approximate surface area is 74.6 Å². The second kappa shape index (κ2) is 3.55. The zero-order valence-corrected chi connectivity index (χ0v) is 7.08. The van der Waals surface area contributed by atoms with Gasteiger partial charge in [0.25, 0.3) is 0 Å². The lowest BCUT2D eigenvalue weighted by molar-refractivity contribution is -0.141. The number of hydrogen-bond acceptors (Lipinski definition) is 4. The van der Waals surface area contributed by atoms with Crippen LogP contribution in [0.1, 0.15) is 11.9 Å². The van der Waals surface area contributed by atoms with Gasteiger partial charge in [-0.05, 0) is 0 Å². The number of nitrogens with two attached hydrogens (primary N) is 1. The minimum absolute atomic E-state index is 0.245. The number of carboxylic acids is 1. The quantitative estimate of drug-likeness (QED) is 0.552. The first kappa shape index (κ1) is 9.69. The Hall–Kier alpha value is -1.40. The van der Waals surface area contributed by atoms with Gasteiger partial charge in [-0.15, -0.1) is 0 Å². The van der Waals surface area contributed by atoms with E-state index in [1.807, 2.05) is 0 Å². The third-order valence-electron chi connectivity index (χ3n) is 1.75. The molecule has 0 saturated carbocycles. The largest absolute Gasteiger partial charge is 0.480 e. The molecule has 1 heterocycles. The minimum Gasteiger partial charge on any atom is -0.480 e. The Kier molecular flexibility index (Phi) is 2.64. The lowest BCUT2D eigenvalue weighted by Gasteiger charge is -2.13. The number of aliphatic hydroxyl groups excluding tert-OH is 1.